The van der Waals surface area contributed by atoms with Crippen LogP contribution in [0.4, 0.5) is 30.7 Å². The van der Waals surface area contributed by atoms with Crippen LogP contribution in [-0.2, 0) is 6.18 Å². The number of hydrogen-bond donors (Lipinski definition) is 0. The Morgan fingerprint density at radius 1 is 1.08 bits per heavy atom. The van der Waals surface area contributed by atoms with E-state index >= 15 is 0 Å². The van der Waals surface area contributed by atoms with E-state index in [1.807, 2.05) is 0 Å². The van der Waals surface area contributed by atoms with Gasteiger partial charge in [0.2, 0.25) is 11.5 Å². The van der Waals surface area contributed by atoms with Gasteiger partial charge in [0.05, 0.1) is 0 Å². The predicted molar refractivity (Wildman–Crippen MR) is 67.5 cm³/mol. The molecule has 134 valence electrons. The Hall–Kier alpha value is -2.73. The summed E-state index contributed by atoms with van der Waals surface area (Å²) in [4.78, 5) is 7.44. The minimum atomic E-state index is -4.94. The number of pyridine rings is 1. The highest BCUT2D eigenvalue weighted by Crippen LogP contribution is 2.32. The number of fused-ring (bicyclic) bond motifs is 3. The molecule has 0 aromatic carbocycles. The molecule has 0 N–H and O–H groups in total. The van der Waals surface area contributed by atoms with E-state index < -0.39 is 42.5 Å². The van der Waals surface area contributed by atoms with Gasteiger partial charge in [0.25, 0.3) is 5.88 Å². The van der Waals surface area contributed by atoms with Crippen LogP contribution < -0.4 is 4.74 Å². The third-order valence-electron chi connectivity index (χ3n) is 3.03. The topological polar surface area (TPSA) is 65.2 Å². The highest BCUT2D eigenvalue weighted by Gasteiger charge is 2.43. The monoisotopic (exact) mass is 369 g/mol. The number of nitrogens with zero attached hydrogens (tertiary/aromatic N) is 5. The molecule has 0 unspecified atom stereocenters. The smallest absolute Gasteiger partial charge is 0.452 e. The van der Waals surface area contributed by atoms with Gasteiger partial charge >= 0.3 is 18.5 Å². The molecule has 0 aliphatic heterocycles. The van der Waals surface area contributed by atoms with E-state index in [2.05, 4.69) is 24.9 Å². The van der Waals surface area contributed by atoms with Crippen molar-refractivity contribution in [2.24, 2.45) is 0 Å². The Morgan fingerprint density at radius 2 is 1.80 bits per heavy atom. The van der Waals surface area contributed by atoms with Crippen molar-refractivity contribution >= 4 is 16.8 Å². The molecule has 0 radical (unpaired) electrons. The van der Waals surface area contributed by atoms with Crippen LogP contribution in [0.5, 0.6) is 5.88 Å². The highest BCUT2D eigenvalue weighted by atomic mass is 19.4. The number of halogens is 7. The van der Waals surface area contributed by atoms with Crippen LogP contribution in [0.2, 0.25) is 0 Å². The molecule has 3 aromatic rings. The van der Waals surface area contributed by atoms with E-state index in [0.717, 1.165) is 0 Å². The van der Waals surface area contributed by atoms with E-state index in [1.54, 1.807) is 0 Å². The van der Waals surface area contributed by atoms with Gasteiger partial charge in [-0.3, -0.25) is 0 Å². The van der Waals surface area contributed by atoms with Gasteiger partial charge in [-0.1, -0.05) is 0 Å². The average molecular weight is 369 g/mol. The van der Waals surface area contributed by atoms with Crippen molar-refractivity contribution in [3.05, 3.63) is 24.2 Å². The molecular weight excluding hydrogens is 363 g/mol. The highest BCUT2D eigenvalue weighted by molar-refractivity contribution is 5.76. The third-order valence-corrected chi connectivity index (χ3v) is 3.03. The average Bonchev–Trinajstić information content (AvgIpc) is 2.98. The second-order valence-corrected chi connectivity index (χ2v) is 4.79. The summed E-state index contributed by atoms with van der Waals surface area (Å²) in [5.74, 6) is -6.81. The molecule has 25 heavy (non-hydrogen) atoms. The van der Waals surface area contributed by atoms with Crippen molar-refractivity contribution < 1.29 is 35.5 Å². The molecule has 3 heterocycles. The number of alkyl halides is 7. The lowest BCUT2D eigenvalue weighted by Crippen LogP contribution is -2.34. The summed E-state index contributed by atoms with van der Waals surface area (Å²) >= 11 is 0. The van der Waals surface area contributed by atoms with Gasteiger partial charge in [-0.2, -0.15) is 22.0 Å². The molecule has 0 saturated heterocycles. The fourth-order valence-corrected chi connectivity index (χ4v) is 1.94. The van der Waals surface area contributed by atoms with Crippen molar-refractivity contribution in [3.63, 3.8) is 0 Å². The first-order chi connectivity index (χ1) is 11.6. The van der Waals surface area contributed by atoms with Gasteiger partial charge in [-0.15, -0.1) is 10.2 Å². The van der Waals surface area contributed by atoms with Crippen molar-refractivity contribution in [1.82, 2.24) is 24.6 Å². The number of ether oxygens (including phenoxy) is 1. The molecule has 0 aliphatic carbocycles. The van der Waals surface area contributed by atoms with Gasteiger partial charge < -0.3 is 4.74 Å². The van der Waals surface area contributed by atoms with E-state index in [4.69, 9.17) is 0 Å². The van der Waals surface area contributed by atoms with Crippen molar-refractivity contribution in [3.8, 4) is 5.88 Å². The van der Waals surface area contributed by atoms with Crippen LogP contribution in [-0.4, -0.2) is 43.5 Å². The largest absolute Gasteiger partial charge is 0.468 e. The number of rotatable bonds is 4. The lowest BCUT2D eigenvalue weighted by atomic mass is 10.4. The summed E-state index contributed by atoms with van der Waals surface area (Å²) in [6.07, 6.45) is -7.78. The molecule has 3 rings (SSSR count). The lowest BCUT2D eigenvalue weighted by molar-refractivity contribution is -0.148. The van der Waals surface area contributed by atoms with E-state index in [-0.39, 0.29) is 11.2 Å². The minimum Gasteiger partial charge on any atom is -0.468 e. The molecule has 13 heteroatoms. The molecule has 0 saturated carbocycles. The summed E-state index contributed by atoms with van der Waals surface area (Å²) in [7, 11) is 0. The first-order valence-electron chi connectivity index (χ1n) is 6.47. The normalized spacial score (nSPS) is 13.1. The molecule has 0 bridgehead atoms. The van der Waals surface area contributed by atoms with Crippen molar-refractivity contribution in [2.75, 3.05) is 6.61 Å². The summed E-state index contributed by atoms with van der Waals surface area (Å²) in [5.41, 5.74) is -1.14. The van der Waals surface area contributed by atoms with Gasteiger partial charge in [-0.25, -0.2) is 23.1 Å². The molecular formula is C12H6F7N5O. The quantitative estimate of drug-likeness (QED) is 0.662. The van der Waals surface area contributed by atoms with Crippen LogP contribution in [0.3, 0.4) is 0 Å². The number of aromatic nitrogens is 5. The zero-order valence-electron chi connectivity index (χ0n) is 11.8. The molecule has 0 atom stereocenters. The Labute approximate surface area is 133 Å². The molecule has 3 aromatic heterocycles. The fraction of sp³-hybridized carbons (Fsp3) is 0.333. The molecule has 6 nitrogen and oxygen atoms in total. The Kier molecular flexibility index (Phi) is 3.88. The molecule has 0 aliphatic rings. The second-order valence-electron chi connectivity index (χ2n) is 4.79. The Bertz CT molecular complexity index is 923. The fourth-order valence-electron chi connectivity index (χ4n) is 1.94. The summed E-state index contributed by atoms with van der Waals surface area (Å²) in [5, 5.41) is 6.16. The molecule has 0 fully saturated rings. The zero-order chi connectivity index (χ0) is 18.4. The maximum absolute atomic E-state index is 13.1. The zero-order valence-corrected chi connectivity index (χ0v) is 11.8. The van der Waals surface area contributed by atoms with Crippen LogP contribution in [0.15, 0.2) is 18.3 Å². The van der Waals surface area contributed by atoms with Crippen molar-refractivity contribution in [2.45, 2.75) is 18.5 Å². The summed E-state index contributed by atoms with van der Waals surface area (Å²) in [6, 6.07) is 2.57. The lowest BCUT2D eigenvalue weighted by Gasteiger charge is -2.16. The van der Waals surface area contributed by atoms with Crippen LogP contribution in [0.1, 0.15) is 5.82 Å². The number of hydrogen-bond acceptors (Lipinski definition) is 5. The first kappa shape index (κ1) is 17.1. The molecule has 0 spiro atoms. The van der Waals surface area contributed by atoms with Crippen LogP contribution in [0.25, 0.3) is 16.8 Å². The minimum absolute atomic E-state index is 0.157. The predicted octanol–water partition coefficient (Wildman–Crippen LogP) is 2.97. The van der Waals surface area contributed by atoms with E-state index in [1.165, 1.54) is 18.3 Å². The van der Waals surface area contributed by atoms with Gasteiger partial charge in [0.15, 0.2) is 12.3 Å². The van der Waals surface area contributed by atoms with Crippen LogP contribution >= 0.6 is 0 Å². The second kappa shape index (κ2) is 5.67. The summed E-state index contributed by atoms with van der Waals surface area (Å²) in [6.45, 7) is -1.80. The van der Waals surface area contributed by atoms with E-state index in [0.29, 0.717) is 4.40 Å². The van der Waals surface area contributed by atoms with Gasteiger partial charge in [0.1, 0.15) is 5.52 Å². The molecule has 0 amide bonds. The standard InChI is InChI=1S/C12H6F7N5O/c13-9(14)11(15,16)4-25-8-7-22-23-10(12(17,18)19)24(7)6-5(21-8)2-1-3-20-6/h1-3,9H,4H2. The SMILES string of the molecule is FC(F)C(F)(F)COc1nc2cccnc2n2c(C(F)(F)F)nnc12. The third kappa shape index (κ3) is 3.00. The van der Waals surface area contributed by atoms with Gasteiger partial charge in [-0.05, 0) is 12.1 Å². The van der Waals surface area contributed by atoms with E-state index in [9.17, 15) is 30.7 Å². The van der Waals surface area contributed by atoms with Crippen molar-refractivity contribution in [1.29, 1.82) is 0 Å². The first-order valence-corrected chi connectivity index (χ1v) is 6.47. The Morgan fingerprint density at radius 3 is 2.44 bits per heavy atom. The van der Waals surface area contributed by atoms with Crippen LogP contribution in [0, 0.1) is 0 Å². The maximum atomic E-state index is 13.1. The Balaban J connectivity index is 2.17. The maximum Gasteiger partial charge on any atom is 0.452 e. The van der Waals surface area contributed by atoms with Gasteiger partial charge in [0, 0.05) is 6.20 Å². The summed E-state index contributed by atoms with van der Waals surface area (Å²) < 4.78 is 94.5.